The van der Waals surface area contributed by atoms with Crippen molar-refractivity contribution in [3.8, 4) is 18.1 Å². The molecule has 7 heteroatoms. The van der Waals surface area contributed by atoms with Crippen molar-refractivity contribution in [1.82, 2.24) is 10.6 Å². The smallest absolute Gasteiger partial charge is 0.224 e. The molecule has 0 saturated heterocycles. The van der Waals surface area contributed by atoms with Gasteiger partial charge < -0.3 is 20.5 Å². The number of fused-ring (bicyclic) bond motifs is 2. The summed E-state index contributed by atoms with van der Waals surface area (Å²) in [4.78, 5) is 25.1. The van der Waals surface area contributed by atoms with Crippen LogP contribution in [0.4, 0.5) is 4.39 Å². The van der Waals surface area contributed by atoms with E-state index in [4.69, 9.17) is 11.2 Å². The van der Waals surface area contributed by atoms with Crippen molar-refractivity contribution in [3.05, 3.63) is 29.6 Å². The molecule has 2 saturated carbocycles. The highest BCUT2D eigenvalue weighted by Gasteiger charge is 2.61. The van der Waals surface area contributed by atoms with Crippen LogP contribution in [0.15, 0.2) is 18.2 Å². The van der Waals surface area contributed by atoms with E-state index in [-0.39, 0.29) is 53.8 Å². The number of amides is 2. The van der Waals surface area contributed by atoms with Gasteiger partial charge in [0.05, 0.1) is 6.61 Å². The van der Waals surface area contributed by atoms with Gasteiger partial charge in [0.2, 0.25) is 11.8 Å². The second kappa shape index (κ2) is 7.59. The molecule has 4 rings (SSSR count). The molecular formula is C23H27FN2O4. The zero-order valence-corrected chi connectivity index (χ0v) is 17.0. The first-order valence-electron chi connectivity index (χ1n) is 10.5. The Kier molecular flexibility index (Phi) is 5.23. The predicted molar refractivity (Wildman–Crippen MR) is 108 cm³/mol. The third-order valence-corrected chi connectivity index (χ3v) is 6.85. The number of hydrogen-bond donors (Lipinski definition) is 3. The standard InChI is InChI=1S/C23H27FN2O4/c1-3-16(26-20(27)14-10-22(29,4-2)11-14)13-25-21(28)18-12-23(18)7-8-30-19-6-5-15(24)9-17(19)23/h2,5-6,9,14,16,18,29H,3,7-8,10-13H2,1H3,(H,25,28)(H,26,27)/t14?,16-,18+,22?,23+/m1/s1. The maximum Gasteiger partial charge on any atom is 0.224 e. The molecule has 3 N–H and O–H groups in total. The Morgan fingerprint density at radius 2 is 2.13 bits per heavy atom. The van der Waals surface area contributed by atoms with E-state index in [9.17, 15) is 19.1 Å². The summed E-state index contributed by atoms with van der Waals surface area (Å²) in [5, 5.41) is 15.8. The second-order valence-corrected chi connectivity index (χ2v) is 8.79. The number of terminal acetylenes is 1. The fraction of sp³-hybridized carbons (Fsp3) is 0.565. The van der Waals surface area contributed by atoms with E-state index in [1.807, 2.05) is 6.92 Å². The molecule has 1 aliphatic heterocycles. The molecule has 0 aromatic heterocycles. The summed E-state index contributed by atoms with van der Waals surface area (Å²) in [6.45, 7) is 2.78. The Morgan fingerprint density at radius 1 is 1.37 bits per heavy atom. The van der Waals surface area contributed by atoms with Crippen LogP contribution in [0.5, 0.6) is 5.75 Å². The Hall–Kier alpha value is -2.59. The lowest BCUT2D eigenvalue weighted by atomic mass is 9.71. The third-order valence-electron chi connectivity index (χ3n) is 6.85. The van der Waals surface area contributed by atoms with Crippen LogP contribution in [0, 0.1) is 30.0 Å². The lowest BCUT2D eigenvalue weighted by Gasteiger charge is -2.39. The molecule has 160 valence electrons. The molecule has 3 aliphatic rings. The third kappa shape index (κ3) is 3.65. The van der Waals surface area contributed by atoms with Crippen LogP contribution >= 0.6 is 0 Å². The van der Waals surface area contributed by atoms with Gasteiger partial charge in [-0.3, -0.25) is 9.59 Å². The molecule has 0 radical (unpaired) electrons. The van der Waals surface area contributed by atoms with Gasteiger partial charge in [0.15, 0.2) is 0 Å². The van der Waals surface area contributed by atoms with Gasteiger partial charge >= 0.3 is 0 Å². The van der Waals surface area contributed by atoms with Crippen molar-refractivity contribution < 1.29 is 23.8 Å². The van der Waals surface area contributed by atoms with Crippen LogP contribution in [-0.2, 0) is 15.0 Å². The van der Waals surface area contributed by atoms with E-state index in [0.717, 1.165) is 5.56 Å². The van der Waals surface area contributed by atoms with E-state index in [1.165, 1.54) is 12.1 Å². The van der Waals surface area contributed by atoms with Gasteiger partial charge in [0.25, 0.3) is 0 Å². The Balaban J connectivity index is 1.31. The average molecular weight is 414 g/mol. The van der Waals surface area contributed by atoms with Crippen molar-refractivity contribution in [1.29, 1.82) is 0 Å². The highest BCUT2D eigenvalue weighted by Crippen LogP contribution is 2.60. The van der Waals surface area contributed by atoms with E-state index in [1.54, 1.807) is 6.07 Å². The Morgan fingerprint density at radius 3 is 2.83 bits per heavy atom. The number of aliphatic hydroxyl groups is 1. The molecule has 1 aromatic rings. The zero-order valence-electron chi connectivity index (χ0n) is 17.0. The lowest BCUT2D eigenvalue weighted by molar-refractivity contribution is -0.136. The summed E-state index contributed by atoms with van der Waals surface area (Å²) in [5.74, 6) is 1.91. The fourth-order valence-electron chi connectivity index (χ4n) is 4.74. The molecule has 30 heavy (non-hydrogen) atoms. The molecule has 2 fully saturated rings. The van der Waals surface area contributed by atoms with Gasteiger partial charge in [-0.05, 0) is 50.3 Å². The molecule has 2 aliphatic carbocycles. The van der Waals surface area contributed by atoms with Crippen molar-refractivity contribution in [3.63, 3.8) is 0 Å². The highest BCUT2D eigenvalue weighted by atomic mass is 19.1. The Bertz CT molecular complexity index is 905. The van der Waals surface area contributed by atoms with Gasteiger partial charge in [0.1, 0.15) is 17.2 Å². The number of hydrogen-bond acceptors (Lipinski definition) is 4. The number of carbonyl (C=O) groups is 2. The van der Waals surface area contributed by atoms with Gasteiger partial charge in [-0.15, -0.1) is 6.42 Å². The molecule has 6 nitrogen and oxygen atoms in total. The summed E-state index contributed by atoms with van der Waals surface area (Å²) < 4.78 is 19.4. The van der Waals surface area contributed by atoms with Gasteiger partial charge in [-0.2, -0.15) is 0 Å². The number of halogens is 1. The van der Waals surface area contributed by atoms with Crippen LogP contribution in [0.2, 0.25) is 0 Å². The molecule has 0 unspecified atom stereocenters. The summed E-state index contributed by atoms with van der Waals surface area (Å²) in [6, 6.07) is 4.28. The van der Waals surface area contributed by atoms with E-state index < -0.39 is 5.60 Å². The van der Waals surface area contributed by atoms with E-state index in [2.05, 4.69) is 16.6 Å². The summed E-state index contributed by atoms with van der Waals surface area (Å²) in [6.07, 6.45) is 7.82. The number of rotatable bonds is 6. The first kappa shape index (κ1) is 20.7. The Labute approximate surface area is 175 Å². The minimum Gasteiger partial charge on any atom is -0.493 e. The van der Waals surface area contributed by atoms with Crippen LogP contribution in [-0.4, -0.2) is 41.7 Å². The number of benzene rings is 1. The molecule has 0 bridgehead atoms. The van der Waals surface area contributed by atoms with Crippen molar-refractivity contribution >= 4 is 11.8 Å². The van der Waals surface area contributed by atoms with Gasteiger partial charge in [-0.25, -0.2) is 4.39 Å². The number of ether oxygens (including phenoxy) is 1. The first-order chi connectivity index (χ1) is 14.3. The SMILES string of the molecule is C#CC1(O)CC(C(=O)N[C@H](CC)CNC(=O)[C@@H]2C[C@]23CCOc2ccc(F)cc23)C1. The normalized spacial score (nSPS) is 32.1. The van der Waals surface area contributed by atoms with Crippen molar-refractivity contribution in [2.75, 3.05) is 13.2 Å². The van der Waals surface area contributed by atoms with Crippen LogP contribution in [0.25, 0.3) is 0 Å². The molecule has 1 aromatic carbocycles. The fourth-order valence-corrected chi connectivity index (χ4v) is 4.74. The van der Waals surface area contributed by atoms with Gasteiger partial charge in [0, 0.05) is 35.4 Å². The van der Waals surface area contributed by atoms with E-state index in [0.29, 0.717) is 38.2 Å². The maximum atomic E-state index is 13.8. The van der Waals surface area contributed by atoms with Crippen LogP contribution in [0.1, 0.15) is 44.6 Å². The van der Waals surface area contributed by atoms with Crippen molar-refractivity contribution in [2.45, 2.75) is 56.1 Å². The predicted octanol–water partition coefficient (Wildman–Crippen LogP) is 1.65. The molecular weight excluding hydrogens is 387 g/mol. The largest absolute Gasteiger partial charge is 0.493 e. The average Bonchev–Trinajstić information content (AvgIpc) is 3.43. The number of nitrogens with one attached hydrogen (secondary N) is 2. The first-order valence-corrected chi connectivity index (χ1v) is 10.5. The molecule has 1 spiro atoms. The highest BCUT2D eigenvalue weighted by molar-refractivity contribution is 5.85. The monoisotopic (exact) mass is 414 g/mol. The quantitative estimate of drug-likeness (QED) is 0.618. The summed E-state index contributed by atoms with van der Waals surface area (Å²) in [5.41, 5.74) is -0.742. The summed E-state index contributed by atoms with van der Waals surface area (Å²) >= 11 is 0. The topological polar surface area (TPSA) is 87.7 Å². The minimum atomic E-state index is -1.17. The lowest BCUT2D eigenvalue weighted by Crippen LogP contribution is -2.52. The van der Waals surface area contributed by atoms with Crippen LogP contribution < -0.4 is 15.4 Å². The van der Waals surface area contributed by atoms with Crippen molar-refractivity contribution in [2.24, 2.45) is 11.8 Å². The molecule has 2 amide bonds. The molecule has 3 atom stereocenters. The molecule has 1 heterocycles. The minimum absolute atomic E-state index is 0.0786. The summed E-state index contributed by atoms with van der Waals surface area (Å²) in [7, 11) is 0. The van der Waals surface area contributed by atoms with Crippen LogP contribution in [0.3, 0.4) is 0 Å². The second-order valence-electron chi connectivity index (χ2n) is 8.79. The van der Waals surface area contributed by atoms with E-state index >= 15 is 0 Å². The maximum absolute atomic E-state index is 13.8. The zero-order chi connectivity index (χ0) is 21.5. The van der Waals surface area contributed by atoms with Gasteiger partial charge in [-0.1, -0.05) is 12.8 Å². The number of carbonyl (C=O) groups excluding carboxylic acids is 2.